The number of nitrogens with one attached hydrogen (secondary N) is 1. The number of benzene rings is 1. The van der Waals surface area contributed by atoms with E-state index in [-0.39, 0.29) is 17.3 Å². The van der Waals surface area contributed by atoms with Crippen LogP contribution in [0.15, 0.2) is 46.2 Å². The molecule has 0 aliphatic rings. The molecule has 3 aromatic rings. The first kappa shape index (κ1) is 17.8. The van der Waals surface area contributed by atoms with Crippen molar-refractivity contribution in [1.82, 2.24) is 10.3 Å². The van der Waals surface area contributed by atoms with Gasteiger partial charge in [-0.15, -0.1) is 11.3 Å². The Morgan fingerprint density at radius 1 is 1.20 bits per heavy atom. The smallest absolute Gasteiger partial charge is 0.236 e. The summed E-state index contributed by atoms with van der Waals surface area (Å²) in [5.74, 6) is 1.27. The van der Waals surface area contributed by atoms with Gasteiger partial charge in [0.25, 0.3) is 0 Å². The number of aryl methyl sites for hydroxylation is 1. The molecule has 1 aromatic carbocycles. The minimum absolute atomic E-state index is 0.0218. The number of nitrogens with zero attached hydrogens (tertiary/aromatic N) is 1. The minimum atomic E-state index is -0.218. The highest BCUT2D eigenvalue weighted by molar-refractivity contribution is 7.13. The summed E-state index contributed by atoms with van der Waals surface area (Å²) in [4.78, 5) is 5.66. The molecule has 2 heterocycles. The van der Waals surface area contributed by atoms with Crippen LogP contribution in [0.4, 0.5) is 4.39 Å². The maximum Gasteiger partial charge on any atom is 0.236 e. The highest BCUT2D eigenvalue weighted by Crippen LogP contribution is 2.33. The van der Waals surface area contributed by atoms with Crippen LogP contribution in [0.3, 0.4) is 0 Å². The third-order valence-electron chi connectivity index (χ3n) is 4.17. The predicted octanol–water partition coefficient (Wildman–Crippen LogP) is 5.73. The molecular weight excluding hydrogens is 335 g/mol. The van der Waals surface area contributed by atoms with E-state index >= 15 is 0 Å². The molecule has 0 spiro atoms. The number of oxazole rings is 1. The van der Waals surface area contributed by atoms with E-state index in [2.05, 4.69) is 31.1 Å². The Morgan fingerprint density at radius 3 is 2.52 bits per heavy atom. The predicted molar refractivity (Wildman–Crippen MR) is 100.0 cm³/mol. The molecule has 5 heteroatoms. The van der Waals surface area contributed by atoms with E-state index in [1.807, 2.05) is 36.6 Å². The van der Waals surface area contributed by atoms with Crippen LogP contribution in [-0.2, 0) is 6.54 Å². The molecule has 1 atom stereocenters. The fourth-order valence-electron chi connectivity index (χ4n) is 2.88. The standard InChI is InChI=1S/C20H23FN2OS/c1-13-16(23-19(24-13)17-6-5-11-25-17)12-22-18(20(2,3)4)14-7-9-15(21)10-8-14/h5-11,18,22H,12H2,1-4H3. The van der Waals surface area contributed by atoms with Crippen LogP contribution in [0.5, 0.6) is 0 Å². The van der Waals surface area contributed by atoms with Crippen LogP contribution in [-0.4, -0.2) is 4.98 Å². The van der Waals surface area contributed by atoms with Crippen molar-refractivity contribution in [1.29, 1.82) is 0 Å². The van der Waals surface area contributed by atoms with Gasteiger partial charge in [0.05, 0.1) is 10.6 Å². The van der Waals surface area contributed by atoms with Crippen LogP contribution in [0.25, 0.3) is 10.8 Å². The summed E-state index contributed by atoms with van der Waals surface area (Å²) in [6, 6.07) is 10.8. The number of hydrogen-bond acceptors (Lipinski definition) is 4. The lowest BCUT2D eigenvalue weighted by Crippen LogP contribution is -2.32. The van der Waals surface area contributed by atoms with E-state index in [1.165, 1.54) is 12.1 Å². The SMILES string of the molecule is Cc1oc(-c2cccs2)nc1CNC(c1ccc(F)cc1)C(C)(C)C. The molecule has 132 valence electrons. The van der Waals surface area contributed by atoms with Gasteiger partial charge in [0.2, 0.25) is 5.89 Å². The third-order valence-corrected chi connectivity index (χ3v) is 5.03. The normalized spacial score (nSPS) is 13.2. The average Bonchev–Trinajstić information content (AvgIpc) is 3.18. The zero-order valence-electron chi connectivity index (χ0n) is 15.0. The molecule has 3 rings (SSSR count). The Kier molecular flexibility index (Phi) is 5.06. The molecule has 0 saturated carbocycles. The first-order chi connectivity index (χ1) is 11.8. The number of aromatic nitrogens is 1. The summed E-state index contributed by atoms with van der Waals surface area (Å²) in [7, 11) is 0. The first-order valence-corrected chi connectivity index (χ1v) is 9.21. The highest BCUT2D eigenvalue weighted by atomic mass is 32.1. The van der Waals surface area contributed by atoms with Crippen molar-refractivity contribution in [3.05, 3.63) is 64.6 Å². The van der Waals surface area contributed by atoms with Crippen LogP contribution in [0.2, 0.25) is 0 Å². The number of halogens is 1. The van der Waals surface area contributed by atoms with E-state index in [4.69, 9.17) is 4.42 Å². The van der Waals surface area contributed by atoms with Crippen LogP contribution in [0.1, 0.15) is 43.8 Å². The molecule has 1 unspecified atom stereocenters. The zero-order valence-corrected chi connectivity index (χ0v) is 15.8. The minimum Gasteiger partial charge on any atom is -0.440 e. The molecule has 25 heavy (non-hydrogen) atoms. The maximum absolute atomic E-state index is 13.2. The summed E-state index contributed by atoms with van der Waals surface area (Å²) >= 11 is 1.61. The lowest BCUT2D eigenvalue weighted by Gasteiger charge is -2.32. The molecule has 0 radical (unpaired) electrons. The molecule has 0 saturated heterocycles. The van der Waals surface area contributed by atoms with E-state index < -0.39 is 0 Å². The topological polar surface area (TPSA) is 38.1 Å². The third kappa shape index (κ3) is 4.17. The fourth-order valence-corrected chi connectivity index (χ4v) is 3.52. The maximum atomic E-state index is 13.2. The van der Waals surface area contributed by atoms with Gasteiger partial charge in [-0.25, -0.2) is 9.37 Å². The fraction of sp³-hybridized carbons (Fsp3) is 0.350. The van der Waals surface area contributed by atoms with Crippen molar-refractivity contribution in [3.8, 4) is 10.8 Å². The van der Waals surface area contributed by atoms with Gasteiger partial charge in [-0.05, 0) is 41.5 Å². The quantitative estimate of drug-likeness (QED) is 0.633. The van der Waals surface area contributed by atoms with Crippen molar-refractivity contribution < 1.29 is 8.81 Å². The Morgan fingerprint density at radius 2 is 1.92 bits per heavy atom. The summed E-state index contributed by atoms with van der Waals surface area (Å²) in [6.45, 7) is 9.04. The molecule has 0 bridgehead atoms. The molecule has 0 aliphatic heterocycles. The molecule has 0 fully saturated rings. The summed E-state index contributed by atoms with van der Waals surface area (Å²) in [5.41, 5.74) is 1.94. The molecule has 0 aliphatic carbocycles. The Balaban J connectivity index is 1.79. The van der Waals surface area contributed by atoms with Crippen molar-refractivity contribution in [2.24, 2.45) is 5.41 Å². The van der Waals surface area contributed by atoms with E-state index in [0.29, 0.717) is 12.4 Å². The highest BCUT2D eigenvalue weighted by Gasteiger charge is 2.26. The van der Waals surface area contributed by atoms with Gasteiger partial charge in [-0.2, -0.15) is 0 Å². The Hall–Kier alpha value is -1.98. The monoisotopic (exact) mass is 358 g/mol. The van der Waals surface area contributed by atoms with Gasteiger partial charge < -0.3 is 9.73 Å². The van der Waals surface area contributed by atoms with Gasteiger partial charge in [-0.3, -0.25) is 0 Å². The second-order valence-corrected chi connectivity index (χ2v) is 8.18. The Bertz CT molecular complexity index is 817. The van der Waals surface area contributed by atoms with Crippen molar-refractivity contribution in [2.75, 3.05) is 0 Å². The van der Waals surface area contributed by atoms with Crippen molar-refractivity contribution >= 4 is 11.3 Å². The van der Waals surface area contributed by atoms with Gasteiger partial charge in [-0.1, -0.05) is 39.0 Å². The van der Waals surface area contributed by atoms with Gasteiger partial charge in [0, 0.05) is 12.6 Å². The van der Waals surface area contributed by atoms with E-state index in [0.717, 1.165) is 21.9 Å². The lowest BCUT2D eigenvalue weighted by atomic mass is 9.82. The summed E-state index contributed by atoms with van der Waals surface area (Å²) in [5, 5.41) is 5.58. The van der Waals surface area contributed by atoms with Crippen molar-refractivity contribution in [3.63, 3.8) is 0 Å². The first-order valence-electron chi connectivity index (χ1n) is 8.33. The zero-order chi connectivity index (χ0) is 18.0. The van der Waals surface area contributed by atoms with Gasteiger partial charge in [0.1, 0.15) is 11.6 Å². The largest absolute Gasteiger partial charge is 0.440 e. The summed E-state index contributed by atoms with van der Waals surface area (Å²) in [6.07, 6.45) is 0. The van der Waals surface area contributed by atoms with Gasteiger partial charge in [0.15, 0.2) is 0 Å². The van der Waals surface area contributed by atoms with E-state index in [9.17, 15) is 4.39 Å². The van der Waals surface area contributed by atoms with Gasteiger partial charge >= 0.3 is 0 Å². The van der Waals surface area contributed by atoms with E-state index in [1.54, 1.807) is 11.3 Å². The molecule has 1 N–H and O–H groups in total. The number of thiophene rings is 1. The number of hydrogen-bond donors (Lipinski definition) is 1. The Labute approximate surface area is 151 Å². The molecule has 0 amide bonds. The molecular formula is C20H23FN2OS. The van der Waals surface area contributed by atoms with Crippen LogP contribution in [0, 0.1) is 18.2 Å². The molecule has 2 aromatic heterocycles. The average molecular weight is 358 g/mol. The number of rotatable bonds is 5. The second kappa shape index (κ2) is 7.10. The lowest BCUT2D eigenvalue weighted by molar-refractivity contribution is 0.269. The molecule has 3 nitrogen and oxygen atoms in total. The van der Waals surface area contributed by atoms with Crippen LogP contribution < -0.4 is 5.32 Å². The second-order valence-electron chi connectivity index (χ2n) is 7.23. The summed E-state index contributed by atoms with van der Waals surface area (Å²) < 4.78 is 19.1. The van der Waals surface area contributed by atoms with Crippen molar-refractivity contribution in [2.45, 2.75) is 40.3 Å². The van der Waals surface area contributed by atoms with Crippen LogP contribution >= 0.6 is 11.3 Å².